The van der Waals surface area contributed by atoms with E-state index in [1.54, 1.807) is 0 Å². The zero-order valence-electron chi connectivity index (χ0n) is 41.2. The summed E-state index contributed by atoms with van der Waals surface area (Å²) in [6.45, 7) is 16.7. The molecule has 4 N–H and O–H groups in total. The van der Waals surface area contributed by atoms with Crippen LogP contribution in [0.3, 0.4) is 0 Å². The fourth-order valence-electron chi connectivity index (χ4n) is 5.15. The van der Waals surface area contributed by atoms with E-state index in [-0.39, 0.29) is 85.4 Å². The summed E-state index contributed by atoms with van der Waals surface area (Å²) < 4.78 is 16.0. The van der Waals surface area contributed by atoms with Gasteiger partial charge in [-0.3, -0.25) is 0 Å². The number of allylic oxidation sites excluding steroid dienone is 8. The van der Waals surface area contributed by atoms with Crippen molar-refractivity contribution in [3.63, 3.8) is 0 Å². The van der Waals surface area contributed by atoms with Crippen molar-refractivity contribution in [2.45, 2.75) is 107 Å². The first-order valence-corrected chi connectivity index (χ1v) is 22.0. The first kappa shape index (κ1) is 79.8. The van der Waals surface area contributed by atoms with E-state index in [9.17, 15) is 0 Å². The van der Waals surface area contributed by atoms with E-state index >= 15 is 0 Å². The van der Waals surface area contributed by atoms with E-state index in [2.05, 4.69) is 129 Å². The minimum absolute atomic E-state index is 0. The Labute approximate surface area is 447 Å². The average Bonchev–Trinajstić information content (AvgIpc) is 3.70. The molecule has 4 aromatic rings. The Balaban J connectivity index is -0.0000000939. The Morgan fingerprint density at radius 1 is 0.375 bits per heavy atom. The van der Waals surface area contributed by atoms with Crippen molar-refractivity contribution in [1.82, 2.24) is 18.3 Å². The summed E-state index contributed by atoms with van der Waals surface area (Å²) >= 11 is 19.1. The molecule has 378 valence electrons. The molecule has 2 aliphatic rings. The van der Waals surface area contributed by atoms with Gasteiger partial charge in [0.05, 0.1) is 67.1 Å². The normalized spacial score (nSPS) is 13.3. The zero-order chi connectivity index (χ0) is 44.8. The molecule has 0 unspecified atom stereocenters. The standard InChI is InChI=1S/2C8H12.4C7H12N2.2CH2Cl2.2ClH.2H2O.2Rh/c2*1-2-4-6-8-7-5-3-1;4*1-6-7(2)9(4)5-8(6)3;2*2-1-3;;;;;;/h2*1-2,7-8H,3-6H2;4*1-4H3;2*1H2;2*1H;2*1H2;;/p-2/b2*2-1-,8-7-;;;;;;;;;;;;. The van der Waals surface area contributed by atoms with Crippen molar-refractivity contribution in [2.75, 3.05) is 10.7 Å². The van der Waals surface area contributed by atoms with E-state index in [0.29, 0.717) is 0 Å². The molecule has 0 aromatic carbocycles. The topological polar surface area (TPSA) is 98.2 Å². The largest absolute Gasteiger partial charge is 1.00 e. The Kier molecular flexibility index (Phi) is 60.1. The third kappa shape index (κ3) is 34.9. The molecule has 0 atom stereocenters. The van der Waals surface area contributed by atoms with Gasteiger partial charge in [-0.15, -0.1) is 46.4 Å². The van der Waals surface area contributed by atoms with Gasteiger partial charge in [-0.1, -0.05) is 104 Å². The molecule has 2 aliphatic carbocycles. The second kappa shape index (κ2) is 48.2. The predicted molar refractivity (Wildman–Crippen MR) is 253 cm³/mol. The molecule has 0 aliphatic heterocycles. The molecule has 0 saturated carbocycles. The molecule has 0 bridgehead atoms. The average molecular weight is 1200 g/mol. The minimum Gasteiger partial charge on any atom is -1.00 e. The summed E-state index contributed by atoms with van der Waals surface area (Å²) in [6, 6.07) is 0. The van der Waals surface area contributed by atoms with Crippen LogP contribution in [-0.4, -0.2) is 39.9 Å². The Hall–Kier alpha value is -1.29. The van der Waals surface area contributed by atoms with E-state index in [0.717, 1.165) is 0 Å². The van der Waals surface area contributed by atoms with Gasteiger partial charge in [-0.2, -0.15) is 0 Å². The summed E-state index contributed by atoms with van der Waals surface area (Å²) in [5.41, 5.74) is 10.2. The SMILES string of the molecule is C1=C\CC/C=C\CC/1.C1=C\CC/C=C\CC/1.Cc1c(C)[n+](C)[c-]n1C.Cc1c(C)[n+](C)[c-]n1C.Cc1c(C)[n+](C)[c-]n1C.Cc1c(C)[n+](C)[c-]n1C.ClCCl.ClCCl.O.O.[Cl-].[Cl-].[Rh].[Rh]. The van der Waals surface area contributed by atoms with Crippen LogP contribution >= 0.6 is 46.4 Å². The fourth-order valence-corrected chi connectivity index (χ4v) is 5.15. The van der Waals surface area contributed by atoms with Crippen molar-refractivity contribution in [3.8, 4) is 0 Å². The van der Waals surface area contributed by atoms with Gasteiger partial charge in [-0.05, 0) is 96.9 Å². The second-order valence-electron chi connectivity index (χ2n) is 14.0. The van der Waals surface area contributed by atoms with Crippen molar-refractivity contribution >= 4 is 46.4 Å². The van der Waals surface area contributed by atoms with Gasteiger partial charge >= 0.3 is 0 Å². The molecule has 4 heterocycles. The summed E-state index contributed by atoms with van der Waals surface area (Å²) in [5, 5.41) is 0.389. The molecule has 0 saturated heterocycles. The van der Waals surface area contributed by atoms with Crippen LogP contribution in [0.5, 0.6) is 0 Å². The number of halogens is 6. The minimum atomic E-state index is 0. The number of aryl methyl sites for hydroxylation is 8. The number of aromatic nitrogens is 8. The number of imidazole rings is 4. The number of rotatable bonds is 0. The van der Waals surface area contributed by atoms with Crippen molar-refractivity contribution in [3.05, 3.63) is 119 Å². The summed E-state index contributed by atoms with van der Waals surface area (Å²) in [6.07, 6.45) is 40.4. The zero-order valence-corrected chi connectivity index (χ0v) is 49.0. The first-order valence-electron chi connectivity index (χ1n) is 19.8. The van der Waals surface area contributed by atoms with Crippen LogP contribution in [0.4, 0.5) is 0 Å². The Morgan fingerprint density at radius 2 is 0.484 bits per heavy atom. The Bertz CT molecular complexity index is 1460. The molecular formula is C46H80Cl6N8O2Rh2-2. The smallest absolute Gasteiger partial charge is 0.203 e. The molecule has 2 radical (unpaired) electrons. The predicted octanol–water partition coefficient (Wildman–Crippen LogP) is 1.61. The monoisotopic (exact) mass is 1190 g/mol. The summed E-state index contributed by atoms with van der Waals surface area (Å²) in [5.74, 6) is 0. The van der Waals surface area contributed by atoms with E-state index in [4.69, 9.17) is 46.4 Å². The van der Waals surface area contributed by atoms with Gasteiger partial charge in [0.1, 0.15) is 0 Å². The van der Waals surface area contributed by atoms with E-state index in [1.807, 2.05) is 92.9 Å². The maximum atomic E-state index is 4.76. The van der Waals surface area contributed by atoms with Crippen LogP contribution in [-0.2, 0) is 95.3 Å². The van der Waals surface area contributed by atoms with Gasteiger partial charge < -0.3 is 72.3 Å². The molecule has 0 fully saturated rings. The van der Waals surface area contributed by atoms with Gasteiger partial charge in [0.2, 0.25) is 25.3 Å². The summed E-state index contributed by atoms with van der Waals surface area (Å²) in [7, 11) is 16.0. The number of hydrogen-bond donors (Lipinski definition) is 0. The van der Waals surface area contributed by atoms with Crippen molar-refractivity contribution in [2.24, 2.45) is 56.4 Å². The maximum absolute atomic E-state index is 4.76. The molecule has 0 amide bonds. The van der Waals surface area contributed by atoms with Gasteiger partial charge in [0.25, 0.3) is 0 Å². The molecule has 0 spiro atoms. The third-order valence-corrected chi connectivity index (χ3v) is 9.99. The third-order valence-electron chi connectivity index (χ3n) is 9.99. The Morgan fingerprint density at radius 3 is 0.531 bits per heavy atom. The quantitative estimate of drug-likeness (QED) is 0.0843. The molecule has 4 aromatic heterocycles. The van der Waals surface area contributed by atoms with Crippen molar-refractivity contribution in [1.29, 1.82) is 0 Å². The molecule has 10 nitrogen and oxygen atoms in total. The van der Waals surface area contributed by atoms with Gasteiger partial charge in [0.15, 0.2) is 0 Å². The van der Waals surface area contributed by atoms with Crippen LogP contribution in [0, 0.1) is 80.7 Å². The summed E-state index contributed by atoms with van der Waals surface area (Å²) in [4.78, 5) is 0. The van der Waals surface area contributed by atoms with Crippen LogP contribution in [0.25, 0.3) is 0 Å². The molecular weight excluding hydrogens is 1120 g/mol. The van der Waals surface area contributed by atoms with Gasteiger partial charge in [0, 0.05) is 39.0 Å². The van der Waals surface area contributed by atoms with Crippen LogP contribution < -0.4 is 43.1 Å². The van der Waals surface area contributed by atoms with Crippen molar-refractivity contribution < 1.29 is 93.0 Å². The van der Waals surface area contributed by atoms with Crippen LogP contribution in [0.15, 0.2) is 48.6 Å². The molecule has 6 rings (SSSR count). The molecule has 64 heavy (non-hydrogen) atoms. The number of hydrogen-bond acceptors (Lipinski definition) is 0. The number of nitrogens with zero attached hydrogens (tertiary/aromatic N) is 8. The van der Waals surface area contributed by atoms with Crippen LogP contribution in [0.1, 0.15) is 96.9 Å². The maximum Gasteiger partial charge on any atom is 0.203 e. The van der Waals surface area contributed by atoms with Crippen LogP contribution in [0.2, 0.25) is 0 Å². The fraction of sp³-hybridized carbons (Fsp3) is 0.565. The number of alkyl halides is 4. The van der Waals surface area contributed by atoms with E-state index in [1.165, 1.54) is 96.9 Å². The first-order chi connectivity index (χ1) is 27.3. The van der Waals surface area contributed by atoms with E-state index < -0.39 is 0 Å². The second-order valence-corrected chi connectivity index (χ2v) is 15.6. The van der Waals surface area contributed by atoms with Gasteiger partial charge in [-0.25, -0.2) is 0 Å². The molecule has 18 heteroatoms.